The molecule has 2 aromatic carbocycles. The van der Waals surface area contributed by atoms with E-state index in [9.17, 15) is 18.0 Å². The number of esters is 1. The fourth-order valence-electron chi connectivity index (χ4n) is 2.29. The molecule has 28 heavy (non-hydrogen) atoms. The van der Waals surface area contributed by atoms with Crippen LogP contribution in [0.25, 0.3) is 0 Å². The molecule has 150 valence electrons. The van der Waals surface area contributed by atoms with E-state index in [0.717, 1.165) is 18.1 Å². The summed E-state index contributed by atoms with van der Waals surface area (Å²) in [6.07, 6.45) is -0.232. The number of hydrogen-bond acceptors (Lipinski definition) is 5. The zero-order chi connectivity index (χ0) is 20.9. The summed E-state index contributed by atoms with van der Waals surface area (Å²) in [5.74, 6) is -1.42. The van der Waals surface area contributed by atoms with Crippen LogP contribution in [-0.4, -0.2) is 33.4 Å². The maximum Gasteiger partial charge on any atom is 0.340 e. The van der Waals surface area contributed by atoms with Gasteiger partial charge in [0.15, 0.2) is 6.10 Å². The van der Waals surface area contributed by atoms with E-state index >= 15 is 0 Å². The Morgan fingerprint density at radius 2 is 1.79 bits per heavy atom. The molecule has 1 amide bonds. The summed E-state index contributed by atoms with van der Waals surface area (Å²) in [5.41, 5.74) is 1.55. The zero-order valence-electron chi connectivity index (χ0n) is 15.7. The molecular weight excluding hydrogens is 404 g/mol. The first kappa shape index (κ1) is 21.9. The number of halogens is 1. The quantitative estimate of drug-likeness (QED) is 0.665. The maximum absolute atomic E-state index is 12.4. The van der Waals surface area contributed by atoms with E-state index in [1.807, 2.05) is 19.1 Å². The van der Waals surface area contributed by atoms with Gasteiger partial charge in [-0.1, -0.05) is 30.7 Å². The van der Waals surface area contributed by atoms with Crippen LogP contribution in [0.1, 0.15) is 29.8 Å². The molecule has 9 heteroatoms. The lowest BCUT2D eigenvalue weighted by Gasteiger charge is -2.15. The van der Waals surface area contributed by atoms with Crippen LogP contribution in [0.4, 0.5) is 5.69 Å². The third-order valence-corrected chi connectivity index (χ3v) is 5.76. The van der Waals surface area contributed by atoms with Gasteiger partial charge in [0.25, 0.3) is 5.91 Å². The summed E-state index contributed by atoms with van der Waals surface area (Å²) < 4.78 is 31.1. The fourth-order valence-corrected chi connectivity index (χ4v) is 3.24. The number of amides is 1. The van der Waals surface area contributed by atoms with Gasteiger partial charge in [-0.3, -0.25) is 4.79 Å². The van der Waals surface area contributed by atoms with Crippen molar-refractivity contribution in [3.8, 4) is 0 Å². The number of ether oxygens (including phenoxy) is 1. The summed E-state index contributed by atoms with van der Waals surface area (Å²) in [6.45, 7) is 3.44. The van der Waals surface area contributed by atoms with Crippen molar-refractivity contribution in [3.05, 3.63) is 58.6 Å². The second-order valence-corrected chi connectivity index (χ2v) is 8.23. The van der Waals surface area contributed by atoms with Crippen LogP contribution in [0.15, 0.2) is 47.4 Å². The Morgan fingerprint density at radius 1 is 1.14 bits per heavy atom. The number of carbonyl (C=O) groups excluding carboxylic acids is 2. The lowest BCUT2D eigenvalue weighted by Crippen LogP contribution is -2.30. The van der Waals surface area contributed by atoms with Crippen molar-refractivity contribution in [2.45, 2.75) is 31.3 Å². The average Bonchev–Trinajstić information content (AvgIpc) is 2.68. The van der Waals surface area contributed by atoms with E-state index in [4.69, 9.17) is 16.3 Å². The lowest BCUT2D eigenvalue weighted by molar-refractivity contribution is -0.123. The van der Waals surface area contributed by atoms with E-state index in [1.54, 1.807) is 12.1 Å². The predicted molar refractivity (Wildman–Crippen MR) is 107 cm³/mol. The first-order valence-corrected chi connectivity index (χ1v) is 10.4. The van der Waals surface area contributed by atoms with Crippen LogP contribution in [0.5, 0.6) is 0 Å². The van der Waals surface area contributed by atoms with Crippen molar-refractivity contribution in [3.63, 3.8) is 0 Å². The van der Waals surface area contributed by atoms with Crippen molar-refractivity contribution < 1.29 is 22.7 Å². The van der Waals surface area contributed by atoms with Crippen molar-refractivity contribution in [1.29, 1.82) is 0 Å². The zero-order valence-corrected chi connectivity index (χ0v) is 17.2. The van der Waals surface area contributed by atoms with Gasteiger partial charge in [-0.2, -0.15) is 0 Å². The number of anilines is 1. The monoisotopic (exact) mass is 424 g/mol. The molecule has 1 atom stereocenters. The molecule has 0 bridgehead atoms. The van der Waals surface area contributed by atoms with Gasteiger partial charge >= 0.3 is 5.97 Å². The molecule has 0 saturated carbocycles. The summed E-state index contributed by atoms with van der Waals surface area (Å²) in [5, 5.41) is 2.67. The van der Waals surface area contributed by atoms with Gasteiger partial charge in [0, 0.05) is 5.69 Å². The van der Waals surface area contributed by atoms with Gasteiger partial charge in [-0.25, -0.2) is 17.9 Å². The molecular formula is C19H21ClN2O5S. The highest BCUT2D eigenvalue weighted by Crippen LogP contribution is 2.22. The lowest BCUT2D eigenvalue weighted by atomic mass is 10.1. The van der Waals surface area contributed by atoms with Crippen molar-refractivity contribution in [2.75, 3.05) is 12.4 Å². The van der Waals surface area contributed by atoms with Gasteiger partial charge in [0.2, 0.25) is 10.0 Å². The minimum Gasteiger partial charge on any atom is -0.449 e. The van der Waals surface area contributed by atoms with Crippen LogP contribution in [0, 0.1) is 0 Å². The topological polar surface area (TPSA) is 102 Å². The molecule has 0 aliphatic carbocycles. The largest absolute Gasteiger partial charge is 0.449 e. The molecule has 0 fully saturated rings. The first-order valence-electron chi connectivity index (χ1n) is 8.51. The van der Waals surface area contributed by atoms with Crippen LogP contribution in [0.3, 0.4) is 0 Å². The average molecular weight is 425 g/mol. The van der Waals surface area contributed by atoms with E-state index in [-0.39, 0.29) is 15.5 Å². The fraction of sp³-hybridized carbons (Fsp3) is 0.263. The second kappa shape index (κ2) is 9.18. The van der Waals surface area contributed by atoms with Crippen LogP contribution < -0.4 is 10.0 Å². The Labute approximate surface area is 169 Å². The van der Waals surface area contributed by atoms with Crippen molar-refractivity contribution in [2.24, 2.45) is 0 Å². The second-order valence-electron chi connectivity index (χ2n) is 5.94. The Hall–Kier alpha value is -2.42. The van der Waals surface area contributed by atoms with Crippen molar-refractivity contribution in [1.82, 2.24) is 4.72 Å². The minimum absolute atomic E-state index is 0.0165. The highest BCUT2D eigenvalue weighted by molar-refractivity contribution is 7.89. The highest BCUT2D eigenvalue weighted by Gasteiger charge is 2.23. The third-order valence-electron chi connectivity index (χ3n) is 4.02. The molecule has 0 heterocycles. The smallest absolute Gasteiger partial charge is 0.340 e. The standard InChI is InChI=1S/C19H21ClN2O5S/c1-4-13-5-7-14(8-6-13)22-18(23)12(2)27-19(24)16-11-15(9-10-17(16)20)28(25,26)21-3/h5-12,21H,4H2,1-3H3,(H,22,23). The maximum atomic E-state index is 12.4. The summed E-state index contributed by atoms with van der Waals surface area (Å²) in [6, 6.07) is 10.9. The molecule has 7 nitrogen and oxygen atoms in total. The molecule has 2 rings (SSSR count). The Balaban J connectivity index is 2.10. The van der Waals surface area contributed by atoms with E-state index in [1.165, 1.54) is 26.1 Å². The predicted octanol–water partition coefficient (Wildman–Crippen LogP) is 2.99. The number of benzene rings is 2. The normalized spacial score (nSPS) is 12.3. The Bertz CT molecular complexity index is 974. The van der Waals surface area contributed by atoms with Gasteiger partial charge in [0.1, 0.15) is 0 Å². The summed E-state index contributed by atoms with van der Waals surface area (Å²) in [7, 11) is -2.51. The minimum atomic E-state index is -3.76. The molecule has 1 unspecified atom stereocenters. The van der Waals surface area contributed by atoms with E-state index < -0.39 is 28.0 Å². The van der Waals surface area contributed by atoms with Crippen LogP contribution in [-0.2, 0) is 26.0 Å². The Morgan fingerprint density at radius 3 is 2.36 bits per heavy atom. The number of sulfonamides is 1. The van der Waals surface area contributed by atoms with Crippen LogP contribution in [0.2, 0.25) is 5.02 Å². The number of aryl methyl sites for hydroxylation is 1. The van der Waals surface area contributed by atoms with E-state index in [2.05, 4.69) is 10.0 Å². The molecule has 2 aromatic rings. The van der Waals surface area contributed by atoms with Gasteiger partial charge < -0.3 is 10.1 Å². The molecule has 0 spiro atoms. The molecule has 2 N–H and O–H groups in total. The Kier molecular flexibility index (Phi) is 7.17. The SMILES string of the molecule is CCc1ccc(NC(=O)C(C)OC(=O)c2cc(S(=O)(=O)NC)ccc2Cl)cc1. The number of rotatable bonds is 7. The summed E-state index contributed by atoms with van der Waals surface area (Å²) in [4.78, 5) is 24.5. The van der Waals surface area contributed by atoms with Crippen molar-refractivity contribution >= 4 is 39.2 Å². The highest BCUT2D eigenvalue weighted by atomic mass is 35.5. The van der Waals surface area contributed by atoms with Gasteiger partial charge in [-0.15, -0.1) is 0 Å². The molecule has 0 saturated heterocycles. The molecule has 0 aliphatic heterocycles. The third kappa shape index (κ3) is 5.31. The number of carbonyl (C=O) groups is 2. The van der Waals surface area contributed by atoms with Crippen LogP contribution >= 0.6 is 11.6 Å². The number of hydrogen-bond donors (Lipinski definition) is 2. The van der Waals surface area contributed by atoms with Gasteiger partial charge in [0.05, 0.1) is 15.5 Å². The first-order chi connectivity index (χ1) is 13.2. The number of nitrogens with one attached hydrogen (secondary N) is 2. The van der Waals surface area contributed by atoms with E-state index in [0.29, 0.717) is 5.69 Å². The molecule has 0 radical (unpaired) electrons. The molecule has 0 aromatic heterocycles. The van der Waals surface area contributed by atoms with Gasteiger partial charge in [-0.05, 0) is 56.3 Å². The molecule has 0 aliphatic rings. The summed E-state index contributed by atoms with van der Waals surface area (Å²) >= 11 is 5.99.